The number of carbonyl (C=O) groups is 1. The molecule has 0 radical (unpaired) electrons. The molecule has 0 atom stereocenters. The topological polar surface area (TPSA) is 26.3 Å². The standard InChI is InChI=1S/C20H14F4O2/c1-2-3-11-4-6-15(16(21)8-11)20(25)26-13-5-7-14-12(9-13)10-17(22)19(24)18(14)23/h4-10H,2-3H2,1H3. The van der Waals surface area contributed by atoms with Crippen LogP contribution in [0.5, 0.6) is 5.75 Å². The van der Waals surface area contributed by atoms with E-state index in [1.807, 2.05) is 6.92 Å². The summed E-state index contributed by atoms with van der Waals surface area (Å²) in [4.78, 5) is 12.2. The molecule has 6 heteroatoms. The summed E-state index contributed by atoms with van der Waals surface area (Å²) in [5.41, 5.74) is 0.515. The Kier molecular flexibility index (Phi) is 4.93. The van der Waals surface area contributed by atoms with Crippen molar-refractivity contribution in [3.05, 3.63) is 76.9 Å². The van der Waals surface area contributed by atoms with E-state index in [0.29, 0.717) is 6.42 Å². The first-order valence-corrected chi connectivity index (χ1v) is 7.98. The summed E-state index contributed by atoms with van der Waals surface area (Å²) in [6, 6.07) is 8.61. The Morgan fingerprint density at radius 2 is 1.69 bits per heavy atom. The smallest absolute Gasteiger partial charge is 0.346 e. The molecule has 3 rings (SSSR count). The van der Waals surface area contributed by atoms with Crippen LogP contribution in [0.25, 0.3) is 10.8 Å². The summed E-state index contributed by atoms with van der Waals surface area (Å²) in [5, 5.41) is -0.135. The average Bonchev–Trinajstić information content (AvgIpc) is 2.60. The number of aryl methyl sites for hydroxylation is 1. The molecule has 3 aromatic rings. The highest BCUT2D eigenvalue weighted by atomic mass is 19.2. The van der Waals surface area contributed by atoms with E-state index in [0.717, 1.165) is 24.1 Å². The van der Waals surface area contributed by atoms with Crippen LogP contribution in [0.3, 0.4) is 0 Å². The van der Waals surface area contributed by atoms with Gasteiger partial charge < -0.3 is 4.74 Å². The number of ether oxygens (including phenoxy) is 1. The highest BCUT2D eigenvalue weighted by Crippen LogP contribution is 2.27. The zero-order chi connectivity index (χ0) is 18.8. The van der Waals surface area contributed by atoms with Crippen molar-refractivity contribution in [1.29, 1.82) is 0 Å². The molecule has 0 saturated carbocycles. The fourth-order valence-corrected chi connectivity index (χ4v) is 2.68. The van der Waals surface area contributed by atoms with E-state index in [1.165, 1.54) is 24.3 Å². The highest BCUT2D eigenvalue weighted by molar-refractivity contribution is 5.92. The minimum atomic E-state index is -1.57. The Balaban J connectivity index is 1.89. The molecule has 0 saturated heterocycles. The number of halogens is 4. The van der Waals surface area contributed by atoms with E-state index in [9.17, 15) is 22.4 Å². The summed E-state index contributed by atoms with van der Waals surface area (Å²) in [6.07, 6.45) is 1.53. The van der Waals surface area contributed by atoms with Gasteiger partial charge in [0.1, 0.15) is 11.6 Å². The predicted octanol–water partition coefficient (Wildman–Crippen LogP) is 5.57. The van der Waals surface area contributed by atoms with Gasteiger partial charge in [-0.25, -0.2) is 22.4 Å². The molecule has 0 bridgehead atoms. The normalized spacial score (nSPS) is 11.0. The van der Waals surface area contributed by atoms with Crippen LogP contribution in [0.15, 0.2) is 42.5 Å². The Morgan fingerprint density at radius 3 is 2.38 bits per heavy atom. The highest BCUT2D eigenvalue weighted by Gasteiger charge is 2.17. The molecule has 0 spiro atoms. The van der Waals surface area contributed by atoms with Crippen LogP contribution in [0.2, 0.25) is 0 Å². The lowest BCUT2D eigenvalue weighted by atomic mass is 10.1. The maximum atomic E-state index is 14.1. The van der Waals surface area contributed by atoms with E-state index in [1.54, 1.807) is 6.07 Å². The van der Waals surface area contributed by atoms with Crippen LogP contribution in [0.1, 0.15) is 29.3 Å². The third kappa shape index (κ3) is 3.40. The number of hydrogen-bond donors (Lipinski definition) is 0. The Hall–Kier alpha value is -2.89. The quantitative estimate of drug-likeness (QED) is 0.263. The van der Waals surface area contributed by atoms with Gasteiger partial charge in [0.15, 0.2) is 17.5 Å². The van der Waals surface area contributed by atoms with Crippen molar-refractivity contribution in [1.82, 2.24) is 0 Å². The molecule has 0 aliphatic carbocycles. The minimum Gasteiger partial charge on any atom is -0.423 e. The second-order valence-electron chi connectivity index (χ2n) is 5.82. The van der Waals surface area contributed by atoms with Gasteiger partial charge >= 0.3 is 5.97 Å². The fourth-order valence-electron chi connectivity index (χ4n) is 2.68. The molecule has 3 aromatic carbocycles. The molecule has 0 heterocycles. The van der Waals surface area contributed by atoms with Gasteiger partial charge in [-0.05, 0) is 53.8 Å². The Morgan fingerprint density at radius 1 is 0.923 bits per heavy atom. The van der Waals surface area contributed by atoms with Gasteiger partial charge in [0, 0.05) is 5.39 Å². The largest absolute Gasteiger partial charge is 0.423 e. The number of benzene rings is 3. The Bertz CT molecular complexity index is 999. The van der Waals surface area contributed by atoms with E-state index in [4.69, 9.17) is 4.74 Å². The van der Waals surface area contributed by atoms with Crippen LogP contribution < -0.4 is 4.74 Å². The summed E-state index contributed by atoms with van der Waals surface area (Å²) < 4.78 is 59.5. The average molecular weight is 362 g/mol. The van der Waals surface area contributed by atoms with Gasteiger partial charge in [0.25, 0.3) is 0 Å². The molecule has 0 unspecified atom stereocenters. The van der Waals surface area contributed by atoms with Gasteiger partial charge in [-0.15, -0.1) is 0 Å². The molecule has 0 N–H and O–H groups in total. The maximum Gasteiger partial charge on any atom is 0.346 e. The van der Waals surface area contributed by atoms with Crippen LogP contribution in [-0.2, 0) is 6.42 Å². The van der Waals surface area contributed by atoms with Crippen molar-refractivity contribution >= 4 is 16.7 Å². The summed E-state index contributed by atoms with van der Waals surface area (Å²) in [6.45, 7) is 1.96. The first-order chi connectivity index (χ1) is 12.4. The van der Waals surface area contributed by atoms with Crippen LogP contribution >= 0.6 is 0 Å². The van der Waals surface area contributed by atoms with Crippen molar-refractivity contribution in [2.75, 3.05) is 0 Å². The zero-order valence-corrected chi connectivity index (χ0v) is 13.8. The zero-order valence-electron chi connectivity index (χ0n) is 13.8. The first-order valence-electron chi connectivity index (χ1n) is 7.98. The van der Waals surface area contributed by atoms with E-state index in [-0.39, 0.29) is 22.1 Å². The number of rotatable bonds is 4. The Labute approximate surface area is 147 Å². The predicted molar refractivity (Wildman–Crippen MR) is 89.2 cm³/mol. The van der Waals surface area contributed by atoms with E-state index >= 15 is 0 Å². The molecule has 134 valence electrons. The van der Waals surface area contributed by atoms with Gasteiger partial charge in [0.2, 0.25) is 0 Å². The molecule has 2 nitrogen and oxygen atoms in total. The SMILES string of the molecule is CCCc1ccc(C(=O)Oc2ccc3c(F)c(F)c(F)cc3c2)c(F)c1. The number of carbonyl (C=O) groups excluding carboxylic acids is 1. The van der Waals surface area contributed by atoms with Crippen molar-refractivity contribution in [2.24, 2.45) is 0 Å². The number of esters is 1. The van der Waals surface area contributed by atoms with Crippen LogP contribution in [0, 0.1) is 23.3 Å². The van der Waals surface area contributed by atoms with Gasteiger partial charge in [-0.3, -0.25) is 0 Å². The molecular formula is C20H14F4O2. The van der Waals surface area contributed by atoms with Crippen molar-refractivity contribution < 1.29 is 27.1 Å². The van der Waals surface area contributed by atoms with Crippen molar-refractivity contribution in [2.45, 2.75) is 19.8 Å². The monoisotopic (exact) mass is 362 g/mol. The van der Waals surface area contributed by atoms with Crippen LogP contribution in [-0.4, -0.2) is 5.97 Å². The molecule has 0 aliphatic rings. The van der Waals surface area contributed by atoms with Gasteiger partial charge in [-0.1, -0.05) is 19.4 Å². The second-order valence-corrected chi connectivity index (χ2v) is 5.82. The lowest BCUT2D eigenvalue weighted by Gasteiger charge is -2.08. The third-order valence-electron chi connectivity index (χ3n) is 3.95. The van der Waals surface area contributed by atoms with E-state index in [2.05, 4.69) is 0 Å². The number of fused-ring (bicyclic) bond motifs is 1. The third-order valence-corrected chi connectivity index (χ3v) is 3.95. The first kappa shape index (κ1) is 17.9. The molecule has 0 aliphatic heterocycles. The fraction of sp³-hybridized carbons (Fsp3) is 0.150. The minimum absolute atomic E-state index is 0.0189. The van der Waals surface area contributed by atoms with Gasteiger partial charge in [0.05, 0.1) is 5.56 Å². The van der Waals surface area contributed by atoms with Crippen LogP contribution in [0.4, 0.5) is 17.6 Å². The van der Waals surface area contributed by atoms with Crippen molar-refractivity contribution in [3.63, 3.8) is 0 Å². The van der Waals surface area contributed by atoms with Gasteiger partial charge in [-0.2, -0.15) is 0 Å². The molecular weight excluding hydrogens is 348 g/mol. The summed E-state index contributed by atoms with van der Waals surface area (Å²) in [7, 11) is 0. The second kappa shape index (κ2) is 7.15. The summed E-state index contributed by atoms with van der Waals surface area (Å²) in [5.74, 6) is -5.93. The lowest BCUT2D eigenvalue weighted by Crippen LogP contribution is -2.11. The lowest BCUT2D eigenvalue weighted by molar-refractivity contribution is 0.0730. The maximum absolute atomic E-state index is 14.1. The molecule has 0 fully saturated rings. The molecule has 0 amide bonds. The van der Waals surface area contributed by atoms with E-state index < -0.39 is 29.2 Å². The van der Waals surface area contributed by atoms with Crippen molar-refractivity contribution in [3.8, 4) is 5.75 Å². The molecule has 26 heavy (non-hydrogen) atoms. The number of hydrogen-bond acceptors (Lipinski definition) is 2. The molecule has 0 aromatic heterocycles. The summed E-state index contributed by atoms with van der Waals surface area (Å²) >= 11 is 0.